The molecule has 6 heteroatoms. The molecule has 1 unspecified atom stereocenters. The Morgan fingerprint density at radius 1 is 1.38 bits per heavy atom. The van der Waals surface area contributed by atoms with Crippen molar-refractivity contribution >= 4 is 17.5 Å². The lowest BCUT2D eigenvalue weighted by Gasteiger charge is -2.18. The first-order valence-electron chi connectivity index (χ1n) is 6.78. The van der Waals surface area contributed by atoms with E-state index in [4.69, 9.17) is 26.2 Å². The smallest absolute Gasteiger partial charge is 0.258 e. The van der Waals surface area contributed by atoms with E-state index in [-0.39, 0.29) is 25.2 Å². The third kappa shape index (κ3) is 5.10. The maximum atomic E-state index is 11.8. The predicted octanol–water partition coefficient (Wildman–Crippen LogP) is 2.38. The van der Waals surface area contributed by atoms with Gasteiger partial charge in [-0.15, -0.1) is 0 Å². The highest BCUT2D eigenvalue weighted by molar-refractivity contribution is 6.32. The fourth-order valence-corrected chi connectivity index (χ4v) is 1.89. The van der Waals surface area contributed by atoms with Crippen LogP contribution in [0.3, 0.4) is 0 Å². The first-order valence-corrected chi connectivity index (χ1v) is 7.16. The summed E-state index contributed by atoms with van der Waals surface area (Å²) in [6, 6.07) is 3.26. The molecule has 1 rings (SSSR count). The molecule has 0 spiro atoms. The molecule has 0 radical (unpaired) electrons. The van der Waals surface area contributed by atoms with Gasteiger partial charge in [0.25, 0.3) is 5.91 Å². The topological polar surface area (TPSA) is 67.8 Å². The molecule has 0 aromatic heterocycles. The maximum Gasteiger partial charge on any atom is 0.258 e. The van der Waals surface area contributed by atoms with E-state index in [0.717, 1.165) is 0 Å². The number of aliphatic hydroxyl groups excluding tert-OH is 1. The van der Waals surface area contributed by atoms with Crippen molar-refractivity contribution in [3.8, 4) is 11.5 Å². The van der Waals surface area contributed by atoms with Crippen molar-refractivity contribution in [3.63, 3.8) is 0 Å². The summed E-state index contributed by atoms with van der Waals surface area (Å²) >= 11 is 6.08. The van der Waals surface area contributed by atoms with E-state index in [1.807, 2.05) is 20.8 Å². The summed E-state index contributed by atoms with van der Waals surface area (Å²) in [5, 5.41) is 12.3. The fraction of sp³-hybridized carbons (Fsp3) is 0.533. The zero-order valence-corrected chi connectivity index (χ0v) is 13.5. The molecule has 0 fully saturated rings. The van der Waals surface area contributed by atoms with Crippen LogP contribution in [0.5, 0.6) is 11.5 Å². The van der Waals surface area contributed by atoms with Crippen LogP contribution < -0.4 is 14.8 Å². The van der Waals surface area contributed by atoms with Gasteiger partial charge in [0.1, 0.15) is 0 Å². The fourth-order valence-electron chi connectivity index (χ4n) is 1.60. The minimum atomic E-state index is -0.222. The second-order valence-corrected chi connectivity index (χ2v) is 5.56. The Kier molecular flexibility index (Phi) is 6.78. The molecular weight excluding hydrogens is 294 g/mol. The zero-order valence-electron chi connectivity index (χ0n) is 12.8. The number of halogens is 1. The van der Waals surface area contributed by atoms with Crippen LogP contribution in [0, 0.1) is 5.92 Å². The van der Waals surface area contributed by atoms with Gasteiger partial charge in [0.05, 0.1) is 18.7 Å². The molecule has 0 heterocycles. The average molecular weight is 316 g/mol. The number of benzene rings is 1. The van der Waals surface area contributed by atoms with Gasteiger partial charge in [-0.25, -0.2) is 0 Å². The van der Waals surface area contributed by atoms with E-state index in [0.29, 0.717) is 28.0 Å². The molecule has 0 bridgehead atoms. The van der Waals surface area contributed by atoms with Crippen molar-refractivity contribution in [3.05, 3.63) is 22.7 Å². The minimum Gasteiger partial charge on any atom is -0.493 e. The molecule has 118 valence electrons. The Labute approximate surface area is 130 Å². The lowest BCUT2D eigenvalue weighted by Crippen LogP contribution is -2.39. The quantitative estimate of drug-likeness (QED) is 0.810. The van der Waals surface area contributed by atoms with Crippen molar-refractivity contribution in [2.45, 2.75) is 33.4 Å². The van der Waals surface area contributed by atoms with Crippen LogP contribution >= 0.6 is 11.6 Å². The highest BCUT2D eigenvalue weighted by atomic mass is 35.5. The molecule has 0 aliphatic heterocycles. The Hall–Kier alpha value is -1.46. The third-order valence-corrected chi connectivity index (χ3v) is 3.49. The molecule has 21 heavy (non-hydrogen) atoms. The van der Waals surface area contributed by atoms with Gasteiger partial charge < -0.3 is 19.9 Å². The van der Waals surface area contributed by atoms with Crippen LogP contribution in [-0.4, -0.2) is 30.8 Å². The Balaban J connectivity index is 2.73. The third-order valence-electron chi connectivity index (χ3n) is 3.21. The van der Waals surface area contributed by atoms with Crippen LogP contribution in [0.1, 0.15) is 26.3 Å². The van der Waals surface area contributed by atoms with Gasteiger partial charge in [-0.2, -0.15) is 0 Å². The van der Waals surface area contributed by atoms with Gasteiger partial charge >= 0.3 is 0 Å². The van der Waals surface area contributed by atoms with E-state index < -0.39 is 0 Å². The summed E-state index contributed by atoms with van der Waals surface area (Å²) in [6.07, 6.45) is 0. The van der Waals surface area contributed by atoms with Crippen LogP contribution in [0.2, 0.25) is 5.02 Å². The second kappa shape index (κ2) is 8.10. The molecule has 0 saturated heterocycles. The Morgan fingerprint density at radius 3 is 2.57 bits per heavy atom. The van der Waals surface area contributed by atoms with Gasteiger partial charge in [0, 0.05) is 6.04 Å². The van der Waals surface area contributed by atoms with Gasteiger partial charge in [0.15, 0.2) is 18.1 Å². The summed E-state index contributed by atoms with van der Waals surface area (Å²) in [6.45, 7) is 5.69. The monoisotopic (exact) mass is 315 g/mol. The predicted molar refractivity (Wildman–Crippen MR) is 81.9 cm³/mol. The number of hydrogen-bond acceptors (Lipinski definition) is 4. The van der Waals surface area contributed by atoms with E-state index in [9.17, 15) is 4.79 Å². The van der Waals surface area contributed by atoms with E-state index in [2.05, 4.69) is 5.32 Å². The summed E-state index contributed by atoms with van der Waals surface area (Å²) in [5.74, 6) is 0.802. The van der Waals surface area contributed by atoms with Crippen molar-refractivity contribution in [1.29, 1.82) is 0 Å². The second-order valence-electron chi connectivity index (χ2n) is 5.16. The SMILES string of the molecule is COc1cc(CO)cc(Cl)c1OCC(=O)NC(C)C(C)C. The normalized spacial score (nSPS) is 12.1. The molecule has 1 amide bonds. The standard InChI is InChI=1S/C15H22ClNO4/c1-9(2)10(3)17-14(19)8-21-15-12(16)5-11(7-18)6-13(15)20-4/h5-6,9-10,18H,7-8H2,1-4H3,(H,17,19). The molecule has 1 atom stereocenters. The number of amides is 1. The Morgan fingerprint density at radius 2 is 2.05 bits per heavy atom. The molecule has 0 saturated carbocycles. The average Bonchev–Trinajstić information content (AvgIpc) is 2.44. The van der Waals surface area contributed by atoms with Gasteiger partial charge in [0.2, 0.25) is 0 Å². The highest BCUT2D eigenvalue weighted by Gasteiger charge is 2.15. The van der Waals surface area contributed by atoms with E-state index in [1.54, 1.807) is 12.1 Å². The summed E-state index contributed by atoms with van der Waals surface area (Å²) in [5.41, 5.74) is 0.613. The molecule has 5 nitrogen and oxygen atoms in total. The molecular formula is C15H22ClNO4. The van der Waals surface area contributed by atoms with Gasteiger partial charge in [-0.05, 0) is 30.5 Å². The van der Waals surface area contributed by atoms with Crippen LogP contribution in [-0.2, 0) is 11.4 Å². The first-order chi connectivity index (χ1) is 9.88. The van der Waals surface area contributed by atoms with Crippen LogP contribution in [0.15, 0.2) is 12.1 Å². The summed E-state index contributed by atoms with van der Waals surface area (Å²) in [4.78, 5) is 11.8. The number of hydrogen-bond donors (Lipinski definition) is 2. The number of nitrogens with one attached hydrogen (secondary N) is 1. The zero-order chi connectivity index (χ0) is 16.0. The number of carbonyl (C=O) groups is 1. The van der Waals surface area contributed by atoms with Gasteiger partial charge in [-0.1, -0.05) is 25.4 Å². The molecule has 2 N–H and O–H groups in total. The molecule has 0 aliphatic rings. The Bertz CT molecular complexity index is 491. The van der Waals surface area contributed by atoms with Crippen molar-refractivity contribution in [2.24, 2.45) is 5.92 Å². The van der Waals surface area contributed by atoms with Crippen molar-refractivity contribution in [2.75, 3.05) is 13.7 Å². The van der Waals surface area contributed by atoms with Crippen molar-refractivity contribution < 1.29 is 19.4 Å². The molecule has 1 aromatic carbocycles. The maximum absolute atomic E-state index is 11.8. The first kappa shape index (κ1) is 17.6. The van der Waals surface area contributed by atoms with Crippen LogP contribution in [0.4, 0.5) is 0 Å². The molecule has 1 aromatic rings. The number of ether oxygens (including phenoxy) is 2. The highest BCUT2D eigenvalue weighted by Crippen LogP contribution is 2.36. The summed E-state index contributed by atoms with van der Waals surface area (Å²) < 4.78 is 10.6. The number of aliphatic hydroxyl groups is 1. The number of rotatable bonds is 7. The van der Waals surface area contributed by atoms with Crippen molar-refractivity contribution in [1.82, 2.24) is 5.32 Å². The van der Waals surface area contributed by atoms with Crippen LogP contribution in [0.25, 0.3) is 0 Å². The lowest BCUT2D eigenvalue weighted by atomic mass is 10.1. The molecule has 0 aliphatic carbocycles. The van der Waals surface area contributed by atoms with E-state index >= 15 is 0 Å². The largest absolute Gasteiger partial charge is 0.493 e. The lowest BCUT2D eigenvalue weighted by molar-refractivity contribution is -0.124. The van der Waals surface area contributed by atoms with Gasteiger partial charge in [-0.3, -0.25) is 4.79 Å². The number of carbonyl (C=O) groups excluding carboxylic acids is 1. The van der Waals surface area contributed by atoms with E-state index in [1.165, 1.54) is 7.11 Å². The number of methoxy groups -OCH3 is 1. The minimum absolute atomic E-state index is 0.0650. The summed E-state index contributed by atoms with van der Waals surface area (Å²) in [7, 11) is 1.47.